The molecule has 8 aromatic carbocycles. The van der Waals surface area contributed by atoms with Crippen molar-refractivity contribution in [2.45, 2.75) is 57.8 Å². The lowest BCUT2D eigenvalue weighted by Crippen LogP contribution is -2.27. The predicted molar refractivity (Wildman–Crippen MR) is 253 cm³/mol. The fraction of sp³-hybridized carbons (Fsp3) is 0.158. The lowest BCUT2D eigenvalue weighted by molar-refractivity contribution is 0.586. The number of fused-ring (bicyclic) bond motifs is 13. The Labute approximate surface area is 352 Å². The van der Waals surface area contributed by atoms with Crippen LogP contribution < -0.4 is 4.90 Å². The number of hydrogen-bond donors (Lipinski definition) is 0. The van der Waals surface area contributed by atoms with Crippen LogP contribution in [0.5, 0.6) is 0 Å². The van der Waals surface area contributed by atoms with Crippen molar-refractivity contribution in [2.75, 3.05) is 4.90 Å². The van der Waals surface area contributed by atoms with Gasteiger partial charge < -0.3 is 4.90 Å². The zero-order valence-electron chi connectivity index (χ0n) is 34.6. The number of thiophene rings is 1. The molecule has 0 saturated carbocycles. The average Bonchev–Trinajstić information content (AvgIpc) is 3.87. The van der Waals surface area contributed by atoms with Crippen molar-refractivity contribution in [1.82, 2.24) is 0 Å². The van der Waals surface area contributed by atoms with E-state index in [1.807, 2.05) is 11.3 Å². The van der Waals surface area contributed by atoms with Gasteiger partial charge in [-0.3, -0.25) is 0 Å². The second kappa shape index (κ2) is 12.9. The van der Waals surface area contributed by atoms with E-state index in [2.05, 4.69) is 222 Å². The highest BCUT2D eigenvalue weighted by molar-refractivity contribution is 7.25. The quantitative estimate of drug-likeness (QED) is 0.172. The molecule has 9 aromatic rings. The minimum Gasteiger partial charge on any atom is -0.310 e. The van der Waals surface area contributed by atoms with Crippen molar-refractivity contribution in [3.63, 3.8) is 0 Å². The summed E-state index contributed by atoms with van der Waals surface area (Å²) in [6, 6.07) is 66.7. The molecular formula is C57H47NS. The Hall–Kier alpha value is -6.22. The number of rotatable bonds is 4. The highest BCUT2D eigenvalue weighted by atomic mass is 32.1. The highest BCUT2D eigenvalue weighted by Gasteiger charge is 2.53. The molecular weight excluding hydrogens is 731 g/mol. The van der Waals surface area contributed by atoms with Crippen LogP contribution in [0.3, 0.4) is 0 Å². The van der Waals surface area contributed by atoms with Crippen molar-refractivity contribution in [3.05, 3.63) is 209 Å². The monoisotopic (exact) mass is 777 g/mol. The average molecular weight is 778 g/mol. The first kappa shape index (κ1) is 35.9. The van der Waals surface area contributed by atoms with E-state index in [4.69, 9.17) is 0 Å². The molecule has 2 aliphatic carbocycles. The van der Waals surface area contributed by atoms with Crippen molar-refractivity contribution < 1.29 is 0 Å². The maximum atomic E-state index is 2.54. The molecule has 0 N–H and O–H groups in total. The van der Waals surface area contributed by atoms with E-state index in [1.54, 1.807) is 0 Å². The predicted octanol–water partition coefficient (Wildman–Crippen LogP) is 16.1. The van der Waals surface area contributed by atoms with Crippen molar-refractivity contribution in [3.8, 4) is 33.4 Å². The summed E-state index contributed by atoms with van der Waals surface area (Å²) in [5.74, 6) is 0. The molecule has 0 fully saturated rings. The third-order valence-electron chi connectivity index (χ3n) is 13.0. The normalized spacial score (nSPS) is 13.7. The Morgan fingerprint density at radius 2 is 0.983 bits per heavy atom. The van der Waals surface area contributed by atoms with Gasteiger partial charge in [-0.25, -0.2) is 0 Å². The zero-order chi connectivity index (χ0) is 40.3. The molecule has 1 spiro atoms. The second-order valence-electron chi connectivity index (χ2n) is 18.5. The van der Waals surface area contributed by atoms with Crippen LogP contribution in [0.15, 0.2) is 176 Å². The van der Waals surface area contributed by atoms with Crippen molar-refractivity contribution in [2.24, 2.45) is 0 Å². The maximum absolute atomic E-state index is 2.54. The van der Waals surface area contributed by atoms with Crippen LogP contribution in [0.4, 0.5) is 17.1 Å². The summed E-state index contributed by atoms with van der Waals surface area (Å²) in [6.07, 6.45) is 0. The number of anilines is 3. The first-order valence-electron chi connectivity index (χ1n) is 20.9. The van der Waals surface area contributed by atoms with E-state index in [9.17, 15) is 0 Å². The standard InChI is InChI=1S/C57H47NS/c1-55(2,3)38-25-30-42-43-31-26-39(56(4,5)6)34-50(43)57(49(42)33-38)47-19-12-10-18-46(47)54-48(57)20-14-21-51(54)58(40-27-23-37(24-28-40)36-15-8-7-9-16-36)41-29-32-45-44-17-11-13-22-52(44)59-53(45)35-41/h7-35H,1-6H3. The van der Waals surface area contributed by atoms with Crippen LogP contribution in [-0.2, 0) is 16.2 Å². The van der Waals surface area contributed by atoms with Crippen LogP contribution in [0.2, 0.25) is 0 Å². The summed E-state index contributed by atoms with van der Waals surface area (Å²) in [6.45, 7) is 14.0. The molecule has 1 aromatic heterocycles. The third-order valence-corrected chi connectivity index (χ3v) is 14.1. The minimum atomic E-state index is -0.479. The van der Waals surface area contributed by atoms with Gasteiger partial charge >= 0.3 is 0 Å². The van der Waals surface area contributed by atoms with Crippen LogP contribution in [0, 0.1) is 0 Å². The van der Waals surface area contributed by atoms with Gasteiger partial charge in [0.15, 0.2) is 0 Å². The van der Waals surface area contributed by atoms with Crippen LogP contribution in [0.1, 0.15) is 74.9 Å². The van der Waals surface area contributed by atoms with E-state index in [0.29, 0.717) is 0 Å². The van der Waals surface area contributed by atoms with Gasteiger partial charge in [-0.1, -0.05) is 181 Å². The summed E-state index contributed by atoms with van der Waals surface area (Å²) in [5, 5.41) is 2.62. The minimum absolute atomic E-state index is 0.00167. The van der Waals surface area contributed by atoms with E-state index in [0.717, 1.165) is 11.4 Å². The van der Waals surface area contributed by atoms with E-state index >= 15 is 0 Å². The van der Waals surface area contributed by atoms with Gasteiger partial charge in [-0.05, 0) is 108 Å². The molecule has 0 saturated heterocycles. The molecule has 0 atom stereocenters. The molecule has 11 rings (SSSR count). The number of hydrogen-bond acceptors (Lipinski definition) is 2. The molecule has 59 heavy (non-hydrogen) atoms. The fourth-order valence-corrected chi connectivity index (χ4v) is 11.2. The van der Waals surface area contributed by atoms with Gasteiger partial charge in [-0.2, -0.15) is 0 Å². The highest BCUT2D eigenvalue weighted by Crippen LogP contribution is 2.65. The molecule has 0 bridgehead atoms. The van der Waals surface area contributed by atoms with Gasteiger partial charge in [0, 0.05) is 37.1 Å². The molecule has 1 heterocycles. The summed E-state index contributed by atoms with van der Waals surface area (Å²) in [4.78, 5) is 2.52. The van der Waals surface area contributed by atoms with E-state index in [1.165, 1.54) is 92.6 Å². The second-order valence-corrected chi connectivity index (χ2v) is 19.6. The SMILES string of the molecule is CC(C)(C)c1ccc2c(c1)C1(c3cc(C(C)(C)C)ccc3-2)c2ccccc2-c2c(N(c3ccc(-c4ccccc4)cc3)c3ccc4c(c3)sc3ccccc34)cccc21. The Bertz CT molecular complexity index is 3050. The van der Waals surface area contributed by atoms with Crippen molar-refractivity contribution >= 4 is 48.6 Å². The summed E-state index contributed by atoms with van der Waals surface area (Å²) in [7, 11) is 0. The maximum Gasteiger partial charge on any atom is 0.0726 e. The number of nitrogens with zero attached hydrogens (tertiary/aromatic N) is 1. The Kier molecular flexibility index (Phi) is 7.84. The van der Waals surface area contributed by atoms with Gasteiger partial charge in [0.1, 0.15) is 0 Å². The topological polar surface area (TPSA) is 3.24 Å². The molecule has 0 unspecified atom stereocenters. The molecule has 0 amide bonds. The molecule has 2 aliphatic rings. The fourth-order valence-electron chi connectivity index (χ4n) is 10.0. The van der Waals surface area contributed by atoms with Crippen LogP contribution in [0.25, 0.3) is 53.6 Å². The van der Waals surface area contributed by atoms with Gasteiger partial charge in [0.05, 0.1) is 11.1 Å². The first-order chi connectivity index (χ1) is 28.5. The van der Waals surface area contributed by atoms with Crippen molar-refractivity contribution in [1.29, 1.82) is 0 Å². The molecule has 0 radical (unpaired) electrons. The molecule has 0 aliphatic heterocycles. The smallest absolute Gasteiger partial charge is 0.0726 e. The summed E-state index contributed by atoms with van der Waals surface area (Å²) < 4.78 is 2.61. The van der Waals surface area contributed by atoms with E-state index < -0.39 is 5.41 Å². The molecule has 1 nitrogen and oxygen atoms in total. The first-order valence-corrected chi connectivity index (χ1v) is 21.7. The lowest BCUT2D eigenvalue weighted by atomic mass is 9.69. The lowest BCUT2D eigenvalue weighted by Gasteiger charge is -2.33. The Balaban J connectivity index is 1.21. The zero-order valence-corrected chi connectivity index (χ0v) is 35.4. The van der Waals surface area contributed by atoms with Gasteiger partial charge in [0.2, 0.25) is 0 Å². The van der Waals surface area contributed by atoms with Gasteiger partial charge in [-0.15, -0.1) is 11.3 Å². The largest absolute Gasteiger partial charge is 0.310 e. The summed E-state index contributed by atoms with van der Waals surface area (Å²) >= 11 is 1.88. The van der Waals surface area contributed by atoms with Gasteiger partial charge in [0.25, 0.3) is 0 Å². The summed E-state index contributed by atoms with van der Waals surface area (Å²) in [5.41, 5.74) is 18.9. The van der Waals surface area contributed by atoms with E-state index in [-0.39, 0.29) is 10.8 Å². The molecule has 286 valence electrons. The Morgan fingerprint density at radius 1 is 0.407 bits per heavy atom. The van der Waals surface area contributed by atoms with Crippen LogP contribution in [-0.4, -0.2) is 0 Å². The molecule has 2 heteroatoms. The third kappa shape index (κ3) is 5.36. The number of benzene rings is 8. The van der Waals surface area contributed by atoms with Crippen LogP contribution >= 0.6 is 11.3 Å². The Morgan fingerprint density at radius 3 is 1.68 bits per heavy atom.